The van der Waals surface area contributed by atoms with Crippen LogP contribution in [0.1, 0.15) is 17.0 Å². The zero-order valence-corrected chi connectivity index (χ0v) is 13.6. The highest BCUT2D eigenvalue weighted by Crippen LogP contribution is 2.22. The molecule has 122 valence electrons. The molecule has 0 saturated carbocycles. The van der Waals surface area contributed by atoms with E-state index >= 15 is 0 Å². The highest BCUT2D eigenvalue weighted by molar-refractivity contribution is 5.55. The van der Waals surface area contributed by atoms with Gasteiger partial charge in [0.25, 0.3) is 0 Å². The van der Waals surface area contributed by atoms with Crippen LogP contribution in [0.25, 0.3) is 11.4 Å². The van der Waals surface area contributed by atoms with E-state index < -0.39 is 0 Å². The third kappa shape index (κ3) is 3.03. The smallest absolute Gasteiger partial charge is 0.241 e. The molecule has 0 spiro atoms. The number of nitrogens with zero attached hydrogens (tertiary/aromatic N) is 3. The summed E-state index contributed by atoms with van der Waals surface area (Å²) in [5.74, 6) is 2.08. The Balaban J connectivity index is 1.46. The lowest BCUT2D eigenvalue weighted by atomic mass is 10.00. The molecule has 0 unspecified atom stereocenters. The van der Waals surface area contributed by atoms with Crippen molar-refractivity contribution in [2.75, 3.05) is 13.7 Å². The number of methoxy groups -OCH3 is 1. The van der Waals surface area contributed by atoms with Crippen molar-refractivity contribution in [1.29, 1.82) is 0 Å². The summed E-state index contributed by atoms with van der Waals surface area (Å²) in [6.07, 6.45) is 1.07. The second-order valence-corrected chi connectivity index (χ2v) is 5.97. The van der Waals surface area contributed by atoms with E-state index in [-0.39, 0.29) is 0 Å². The highest BCUT2D eigenvalue weighted by Gasteiger charge is 2.18. The van der Waals surface area contributed by atoms with Gasteiger partial charge in [-0.05, 0) is 41.8 Å². The third-order valence-corrected chi connectivity index (χ3v) is 4.38. The number of hydrogen-bond acceptors (Lipinski definition) is 5. The summed E-state index contributed by atoms with van der Waals surface area (Å²) in [5, 5.41) is 4.10. The predicted molar refractivity (Wildman–Crippen MR) is 90.5 cm³/mol. The van der Waals surface area contributed by atoms with E-state index in [0.717, 1.165) is 30.8 Å². The molecule has 1 aliphatic rings. The quantitative estimate of drug-likeness (QED) is 0.738. The fourth-order valence-electron chi connectivity index (χ4n) is 3.06. The number of hydrogen-bond donors (Lipinski definition) is 0. The maximum Gasteiger partial charge on any atom is 0.241 e. The van der Waals surface area contributed by atoms with Crippen molar-refractivity contribution in [3.63, 3.8) is 0 Å². The van der Waals surface area contributed by atoms with E-state index in [1.165, 1.54) is 11.1 Å². The SMILES string of the molecule is COc1ccc(-c2noc(CN3CCc4ccccc4C3)n2)cc1. The Bertz CT molecular complexity index is 827. The number of aromatic nitrogens is 2. The zero-order chi connectivity index (χ0) is 16.4. The van der Waals surface area contributed by atoms with E-state index in [4.69, 9.17) is 9.26 Å². The third-order valence-electron chi connectivity index (χ3n) is 4.38. The number of ether oxygens (including phenoxy) is 1. The van der Waals surface area contributed by atoms with Crippen molar-refractivity contribution in [2.45, 2.75) is 19.5 Å². The summed E-state index contributed by atoms with van der Waals surface area (Å²) in [6, 6.07) is 16.3. The van der Waals surface area contributed by atoms with Crippen LogP contribution >= 0.6 is 0 Å². The molecule has 0 fully saturated rings. The van der Waals surface area contributed by atoms with Crippen LogP contribution in [0, 0.1) is 0 Å². The Hall–Kier alpha value is -2.66. The Kier molecular flexibility index (Phi) is 4.01. The minimum absolute atomic E-state index is 0.616. The molecule has 2 heterocycles. The van der Waals surface area contributed by atoms with Crippen molar-refractivity contribution in [3.8, 4) is 17.1 Å². The first-order chi connectivity index (χ1) is 11.8. The largest absolute Gasteiger partial charge is 0.497 e. The molecule has 0 N–H and O–H groups in total. The van der Waals surface area contributed by atoms with Crippen molar-refractivity contribution in [2.24, 2.45) is 0 Å². The van der Waals surface area contributed by atoms with Gasteiger partial charge in [0, 0.05) is 18.7 Å². The summed E-state index contributed by atoms with van der Waals surface area (Å²) < 4.78 is 10.6. The molecule has 5 nitrogen and oxygen atoms in total. The molecular weight excluding hydrogens is 302 g/mol. The number of fused-ring (bicyclic) bond motifs is 1. The van der Waals surface area contributed by atoms with Crippen LogP contribution in [0.15, 0.2) is 53.1 Å². The average molecular weight is 321 g/mol. The molecule has 0 amide bonds. The predicted octanol–water partition coefficient (Wildman–Crippen LogP) is 3.30. The molecule has 24 heavy (non-hydrogen) atoms. The van der Waals surface area contributed by atoms with Crippen LogP contribution < -0.4 is 4.74 Å². The van der Waals surface area contributed by atoms with Gasteiger partial charge in [0.15, 0.2) is 0 Å². The summed E-state index contributed by atoms with van der Waals surface area (Å²) in [5.41, 5.74) is 3.76. The minimum atomic E-state index is 0.616. The van der Waals surface area contributed by atoms with Gasteiger partial charge >= 0.3 is 0 Å². The first kappa shape index (κ1) is 14.9. The Morgan fingerprint density at radius 2 is 1.88 bits per heavy atom. The molecule has 3 aromatic rings. The summed E-state index contributed by atoms with van der Waals surface area (Å²) in [6.45, 7) is 2.62. The first-order valence-electron chi connectivity index (χ1n) is 8.08. The van der Waals surface area contributed by atoms with Gasteiger partial charge in [-0.3, -0.25) is 4.90 Å². The van der Waals surface area contributed by atoms with Crippen LogP contribution in [0.5, 0.6) is 5.75 Å². The maximum absolute atomic E-state index is 5.43. The molecule has 5 heteroatoms. The average Bonchev–Trinajstić information content (AvgIpc) is 3.10. The van der Waals surface area contributed by atoms with Crippen LogP contribution in [0.3, 0.4) is 0 Å². The van der Waals surface area contributed by atoms with Gasteiger partial charge in [0.05, 0.1) is 13.7 Å². The monoisotopic (exact) mass is 321 g/mol. The molecule has 0 radical (unpaired) electrons. The van der Waals surface area contributed by atoms with E-state index in [2.05, 4.69) is 39.3 Å². The Morgan fingerprint density at radius 3 is 2.67 bits per heavy atom. The lowest BCUT2D eigenvalue weighted by Gasteiger charge is -2.27. The molecule has 1 aromatic heterocycles. The van der Waals surface area contributed by atoms with Crippen LogP contribution in [-0.4, -0.2) is 28.7 Å². The van der Waals surface area contributed by atoms with E-state index in [1.54, 1.807) is 7.11 Å². The normalized spacial score (nSPS) is 14.4. The first-order valence-corrected chi connectivity index (χ1v) is 8.08. The van der Waals surface area contributed by atoms with Crippen LogP contribution in [0.4, 0.5) is 0 Å². The molecule has 0 atom stereocenters. The van der Waals surface area contributed by atoms with Gasteiger partial charge < -0.3 is 9.26 Å². The van der Waals surface area contributed by atoms with Crippen molar-refractivity contribution >= 4 is 0 Å². The fraction of sp³-hybridized carbons (Fsp3) is 0.263. The van der Waals surface area contributed by atoms with Gasteiger partial charge in [-0.25, -0.2) is 0 Å². The number of rotatable bonds is 4. The van der Waals surface area contributed by atoms with Gasteiger partial charge in [-0.15, -0.1) is 0 Å². The lowest BCUT2D eigenvalue weighted by Crippen LogP contribution is -2.30. The molecule has 2 aromatic carbocycles. The van der Waals surface area contributed by atoms with E-state index in [1.807, 2.05) is 24.3 Å². The topological polar surface area (TPSA) is 51.4 Å². The zero-order valence-electron chi connectivity index (χ0n) is 13.6. The summed E-state index contributed by atoms with van der Waals surface area (Å²) >= 11 is 0. The van der Waals surface area contributed by atoms with Crippen LogP contribution in [0.2, 0.25) is 0 Å². The van der Waals surface area contributed by atoms with Gasteiger partial charge in [0.2, 0.25) is 11.7 Å². The van der Waals surface area contributed by atoms with Crippen molar-refractivity contribution < 1.29 is 9.26 Å². The maximum atomic E-state index is 5.43. The van der Waals surface area contributed by atoms with Crippen molar-refractivity contribution in [3.05, 3.63) is 65.5 Å². The van der Waals surface area contributed by atoms with Crippen molar-refractivity contribution in [1.82, 2.24) is 15.0 Å². The molecular formula is C19H19N3O2. The molecule has 4 rings (SSSR count). The Labute approximate surface area is 140 Å². The molecule has 1 aliphatic heterocycles. The molecule has 0 aliphatic carbocycles. The molecule has 0 bridgehead atoms. The van der Waals surface area contributed by atoms with E-state index in [0.29, 0.717) is 18.3 Å². The second kappa shape index (κ2) is 6.45. The highest BCUT2D eigenvalue weighted by atomic mass is 16.5. The summed E-state index contributed by atoms with van der Waals surface area (Å²) in [7, 11) is 1.65. The van der Waals surface area contributed by atoms with Gasteiger partial charge in [-0.2, -0.15) is 4.98 Å². The minimum Gasteiger partial charge on any atom is -0.497 e. The number of benzene rings is 2. The Morgan fingerprint density at radius 1 is 1.08 bits per heavy atom. The van der Waals surface area contributed by atoms with Gasteiger partial charge in [0.1, 0.15) is 5.75 Å². The van der Waals surface area contributed by atoms with Crippen LogP contribution in [-0.2, 0) is 19.5 Å². The lowest BCUT2D eigenvalue weighted by molar-refractivity contribution is 0.210. The summed E-state index contributed by atoms with van der Waals surface area (Å²) in [4.78, 5) is 6.87. The standard InChI is InChI=1S/C19H19N3O2/c1-23-17-8-6-15(7-9-17)19-20-18(24-21-19)13-22-11-10-14-4-2-3-5-16(14)12-22/h2-9H,10-13H2,1H3. The van der Waals surface area contributed by atoms with E-state index in [9.17, 15) is 0 Å². The second-order valence-electron chi connectivity index (χ2n) is 5.97. The van der Waals surface area contributed by atoms with Gasteiger partial charge in [-0.1, -0.05) is 29.4 Å². The molecule has 0 saturated heterocycles. The fourth-order valence-corrected chi connectivity index (χ4v) is 3.06.